The molecule has 162 valence electrons. The van der Waals surface area contributed by atoms with Gasteiger partial charge in [-0.1, -0.05) is 45.8 Å². The van der Waals surface area contributed by atoms with Crippen LogP contribution in [-0.2, 0) is 10.1 Å². The Bertz CT molecular complexity index is 1330. The number of aryl methyl sites for hydroxylation is 1. The average molecular weight is 528 g/mol. The van der Waals surface area contributed by atoms with Crippen LogP contribution in [0.2, 0.25) is 0 Å². The zero-order chi connectivity index (χ0) is 22.6. The van der Waals surface area contributed by atoms with Crippen molar-refractivity contribution in [2.45, 2.75) is 11.8 Å². The highest BCUT2D eigenvalue weighted by molar-refractivity contribution is 9.10. The molecule has 1 aromatic heterocycles. The second kappa shape index (κ2) is 9.64. The van der Waals surface area contributed by atoms with Crippen molar-refractivity contribution in [1.82, 2.24) is 4.98 Å². The molecule has 0 bridgehead atoms. The zero-order valence-corrected chi connectivity index (χ0v) is 20.1. The van der Waals surface area contributed by atoms with E-state index in [1.54, 1.807) is 42.6 Å². The van der Waals surface area contributed by atoms with E-state index in [9.17, 15) is 8.42 Å². The number of hydrogen-bond acceptors (Lipinski definition) is 7. The molecule has 9 heteroatoms. The van der Waals surface area contributed by atoms with E-state index in [0.29, 0.717) is 5.13 Å². The smallest absolute Gasteiger partial charge is 0.339 e. The van der Waals surface area contributed by atoms with Crippen molar-refractivity contribution in [1.29, 1.82) is 0 Å². The number of aromatic nitrogens is 1. The molecule has 6 nitrogen and oxygen atoms in total. The number of nitrogens with one attached hydrogen (secondary N) is 1. The molecule has 4 aromatic rings. The normalized spacial score (nSPS) is 11.6. The molecule has 0 atom stereocenters. The third-order valence-electron chi connectivity index (χ3n) is 4.41. The number of anilines is 1. The lowest BCUT2D eigenvalue weighted by atomic mass is 10.2. The number of thiazole rings is 1. The maximum absolute atomic E-state index is 12.4. The first kappa shape index (κ1) is 22.2. The summed E-state index contributed by atoms with van der Waals surface area (Å²) in [4.78, 5) is 4.64. The standard InChI is InChI=1S/C23H18BrN3O3S2/c1-16-2-12-21(13-3-16)32(28,29)30-20-10-4-17(5-11-20)14-25-27-23-26-22(15-31-23)18-6-8-19(24)9-7-18/h2-15H,1H3,(H,26,27)/b25-14-. The lowest BCUT2D eigenvalue weighted by Gasteiger charge is -2.07. The maximum Gasteiger partial charge on any atom is 0.339 e. The molecule has 0 saturated carbocycles. The van der Waals surface area contributed by atoms with Crippen LogP contribution in [0.3, 0.4) is 0 Å². The molecule has 0 radical (unpaired) electrons. The van der Waals surface area contributed by atoms with Crippen LogP contribution in [0.1, 0.15) is 11.1 Å². The molecule has 4 rings (SSSR count). The van der Waals surface area contributed by atoms with E-state index in [-0.39, 0.29) is 10.6 Å². The molecule has 0 aliphatic carbocycles. The highest BCUT2D eigenvalue weighted by atomic mass is 79.9. The van der Waals surface area contributed by atoms with Crippen molar-refractivity contribution >= 4 is 48.7 Å². The number of hydrazone groups is 1. The molecule has 0 unspecified atom stereocenters. The van der Waals surface area contributed by atoms with Gasteiger partial charge in [-0.3, -0.25) is 5.43 Å². The quantitative estimate of drug-likeness (QED) is 0.178. The van der Waals surface area contributed by atoms with E-state index >= 15 is 0 Å². The predicted octanol–water partition coefficient (Wildman–Crippen LogP) is 6.09. The fourth-order valence-corrected chi connectivity index (χ4v) is 4.59. The van der Waals surface area contributed by atoms with Crippen LogP contribution in [0.25, 0.3) is 11.3 Å². The molecule has 0 spiro atoms. The van der Waals surface area contributed by atoms with Crippen LogP contribution in [0.4, 0.5) is 5.13 Å². The first-order valence-electron chi connectivity index (χ1n) is 9.51. The van der Waals surface area contributed by atoms with Crippen molar-refractivity contribution in [2.24, 2.45) is 5.10 Å². The van der Waals surface area contributed by atoms with Gasteiger partial charge in [-0.25, -0.2) is 4.98 Å². The summed E-state index contributed by atoms with van der Waals surface area (Å²) in [6.07, 6.45) is 1.62. The van der Waals surface area contributed by atoms with E-state index in [0.717, 1.165) is 26.9 Å². The van der Waals surface area contributed by atoms with Crippen LogP contribution in [0.15, 0.2) is 92.6 Å². The van der Waals surface area contributed by atoms with Crippen molar-refractivity contribution in [3.05, 3.63) is 93.8 Å². The van der Waals surface area contributed by atoms with Crippen molar-refractivity contribution in [3.8, 4) is 17.0 Å². The van der Waals surface area contributed by atoms with E-state index in [4.69, 9.17) is 4.18 Å². The van der Waals surface area contributed by atoms with E-state index in [1.807, 2.05) is 36.6 Å². The van der Waals surface area contributed by atoms with Gasteiger partial charge in [0.25, 0.3) is 0 Å². The van der Waals surface area contributed by atoms with Gasteiger partial charge in [0, 0.05) is 15.4 Å². The van der Waals surface area contributed by atoms with Crippen LogP contribution in [-0.4, -0.2) is 19.6 Å². The van der Waals surface area contributed by atoms with Crippen molar-refractivity contribution in [2.75, 3.05) is 5.43 Å². The molecule has 0 amide bonds. The Morgan fingerprint density at radius 1 is 1.00 bits per heavy atom. The van der Waals surface area contributed by atoms with Crippen LogP contribution >= 0.6 is 27.3 Å². The van der Waals surface area contributed by atoms with E-state index < -0.39 is 10.1 Å². The van der Waals surface area contributed by atoms with Gasteiger partial charge in [0.15, 0.2) is 0 Å². The highest BCUT2D eigenvalue weighted by Crippen LogP contribution is 2.26. The van der Waals surface area contributed by atoms with Crippen molar-refractivity contribution in [3.63, 3.8) is 0 Å². The molecule has 3 aromatic carbocycles. The van der Waals surface area contributed by atoms with Gasteiger partial charge in [-0.05, 0) is 61.0 Å². The number of nitrogens with zero attached hydrogens (tertiary/aromatic N) is 2. The average Bonchev–Trinajstić information content (AvgIpc) is 3.24. The van der Waals surface area contributed by atoms with Gasteiger partial charge in [0.1, 0.15) is 10.6 Å². The molecule has 0 fully saturated rings. The largest absolute Gasteiger partial charge is 0.379 e. The second-order valence-electron chi connectivity index (χ2n) is 6.83. The molecule has 1 N–H and O–H groups in total. The summed E-state index contributed by atoms with van der Waals surface area (Å²) in [6, 6.07) is 21.1. The molecule has 1 heterocycles. The van der Waals surface area contributed by atoms with Crippen LogP contribution in [0.5, 0.6) is 5.75 Å². The molecular weight excluding hydrogens is 510 g/mol. The number of hydrogen-bond donors (Lipinski definition) is 1. The summed E-state index contributed by atoms with van der Waals surface area (Å²) >= 11 is 4.88. The Labute approximate surface area is 198 Å². The monoisotopic (exact) mass is 527 g/mol. The summed E-state index contributed by atoms with van der Waals surface area (Å²) in [5.41, 5.74) is 6.57. The van der Waals surface area contributed by atoms with Crippen molar-refractivity contribution < 1.29 is 12.6 Å². The summed E-state index contributed by atoms with van der Waals surface area (Å²) in [7, 11) is -3.87. The summed E-state index contributed by atoms with van der Waals surface area (Å²) in [5.74, 6) is 0.231. The van der Waals surface area contributed by atoms with Crippen LogP contribution < -0.4 is 9.61 Å². The van der Waals surface area contributed by atoms with Gasteiger partial charge < -0.3 is 4.18 Å². The Kier molecular flexibility index (Phi) is 6.69. The Morgan fingerprint density at radius 2 is 1.69 bits per heavy atom. The molecule has 0 saturated heterocycles. The molecule has 32 heavy (non-hydrogen) atoms. The van der Waals surface area contributed by atoms with Gasteiger partial charge in [-0.2, -0.15) is 13.5 Å². The Hall–Kier alpha value is -3.01. The lowest BCUT2D eigenvalue weighted by Crippen LogP contribution is -2.09. The molecule has 0 aliphatic rings. The fourth-order valence-electron chi connectivity index (χ4n) is 2.73. The first-order chi connectivity index (χ1) is 15.4. The maximum atomic E-state index is 12.4. The number of benzene rings is 3. The van der Waals surface area contributed by atoms with E-state index in [1.165, 1.54) is 23.5 Å². The fraction of sp³-hybridized carbons (Fsp3) is 0.0435. The SMILES string of the molecule is Cc1ccc(S(=O)(=O)Oc2ccc(/C=N\Nc3nc(-c4ccc(Br)cc4)cs3)cc2)cc1. The van der Waals surface area contributed by atoms with Gasteiger partial charge in [0.05, 0.1) is 11.9 Å². The second-order valence-corrected chi connectivity index (χ2v) is 10.2. The minimum atomic E-state index is -3.87. The lowest BCUT2D eigenvalue weighted by molar-refractivity contribution is 0.486. The third kappa shape index (κ3) is 5.61. The van der Waals surface area contributed by atoms with Gasteiger partial charge >= 0.3 is 10.1 Å². The summed E-state index contributed by atoms with van der Waals surface area (Å²) in [5, 5.41) is 6.83. The number of halogens is 1. The highest BCUT2D eigenvalue weighted by Gasteiger charge is 2.16. The summed E-state index contributed by atoms with van der Waals surface area (Å²) < 4.78 is 31.0. The third-order valence-corrected chi connectivity index (χ3v) is 6.95. The van der Waals surface area contributed by atoms with Gasteiger partial charge in [0.2, 0.25) is 5.13 Å². The summed E-state index contributed by atoms with van der Waals surface area (Å²) in [6.45, 7) is 1.89. The zero-order valence-electron chi connectivity index (χ0n) is 16.9. The first-order valence-corrected chi connectivity index (χ1v) is 12.6. The Morgan fingerprint density at radius 3 is 2.38 bits per heavy atom. The molecule has 0 aliphatic heterocycles. The van der Waals surface area contributed by atoms with Crippen LogP contribution in [0, 0.1) is 6.92 Å². The number of rotatable bonds is 7. The minimum absolute atomic E-state index is 0.115. The van der Waals surface area contributed by atoms with Gasteiger partial charge in [-0.15, -0.1) is 11.3 Å². The molecular formula is C23H18BrN3O3S2. The van der Waals surface area contributed by atoms with E-state index in [2.05, 4.69) is 31.4 Å². The minimum Gasteiger partial charge on any atom is -0.379 e. The topological polar surface area (TPSA) is 80.7 Å². The Balaban J connectivity index is 1.36. The predicted molar refractivity (Wildman–Crippen MR) is 132 cm³/mol.